The number of anilines is 1. The van der Waals surface area contributed by atoms with E-state index < -0.39 is 0 Å². The topological polar surface area (TPSA) is 50.4 Å². The van der Waals surface area contributed by atoms with Gasteiger partial charge in [-0.2, -0.15) is 0 Å². The summed E-state index contributed by atoms with van der Waals surface area (Å²) < 4.78 is 5.66. The van der Waals surface area contributed by atoms with E-state index in [9.17, 15) is 4.79 Å². The maximum absolute atomic E-state index is 11.0. The zero-order chi connectivity index (χ0) is 13.2. The number of carbonyl (C=O) groups excluding carboxylic acids is 1. The molecular weight excluding hydrogens is 228 g/mol. The van der Waals surface area contributed by atoms with Gasteiger partial charge in [0.2, 0.25) is 5.91 Å². The molecule has 4 nitrogen and oxygen atoms in total. The molecule has 2 N–H and O–H groups in total. The van der Waals surface area contributed by atoms with E-state index in [1.807, 2.05) is 24.3 Å². The van der Waals surface area contributed by atoms with Gasteiger partial charge in [0.25, 0.3) is 0 Å². The summed E-state index contributed by atoms with van der Waals surface area (Å²) in [5, 5.41) is 6.07. The molecule has 0 aliphatic carbocycles. The summed E-state index contributed by atoms with van der Waals surface area (Å²) in [6.07, 6.45) is 2.10. The Hall–Kier alpha value is -1.55. The molecule has 0 heterocycles. The van der Waals surface area contributed by atoms with E-state index in [0.717, 1.165) is 37.4 Å². The lowest BCUT2D eigenvalue weighted by Crippen LogP contribution is -2.18. The fourth-order valence-electron chi connectivity index (χ4n) is 1.57. The van der Waals surface area contributed by atoms with Crippen LogP contribution in [0.4, 0.5) is 5.69 Å². The minimum Gasteiger partial charge on any atom is -0.491 e. The van der Waals surface area contributed by atoms with Crippen molar-refractivity contribution in [2.24, 2.45) is 0 Å². The second-order valence-corrected chi connectivity index (χ2v) is 4.13. The molecule has 1 aromatic rings. The van der Waals surface area contributed by atoms with Gasteiger partial charge in [0.15, 0.2) is 0 Å². The third-order valence-corrected chi connectivity index (χ3v) is 2.38. The van der Waals surface area contributed by atoms with E-state index in [2.05, 4.69) is 17.6 Å². The van der Waals surface area contributed by atoms with Gasteiger partial charge >= 0.3 is 0 Å². The monoisotopic (exact) mass is 250 g/mol. The Morgan fingerprint density at radius 3 is 2.78 bits per heavy atom. The molecule has 0 saturated carbocycles. The molecule has 0 aliphatic heterocycles. The maximum atomic E-state index is 11.0. The molecule has 0 fully saturated rings. The number of para-hydroxylation sites is 2. The Morgan fingerprint density at radius 2 is 2.06 bits per heavy atom. The van der Waals surface area contributed by atoms with Crippen LogP contribution in [0.2, 0.25) is 0 Å². The normalized spacial score (nSPS) is 10.1. The lowest BCUT2D eigenvalue weighted by atomic mass is 10.3. The first-order chi connectivity index (χ1) is 8.74. The number of amides is 1. The van der Waals surface area contributed by atoms with Crippen molar-refractivity contribution in [3.63, 3.8) is 0 Å². The van der Waals surface area contributed by atoms with E-state index in [1.165, 1.54) is 6.92 Å². The molecular formula is C14H22N2O2. The van der Waals surface area contributed by atoms with Gasteiger partial charge in [0, 0.05) is 6.92 Å². The fraction of sp³-hybridized carbons (Fsp3) is 0.500. The van der Waals surface area contributed by atoms with Crippen molar-refractivity contribution in [3.05, 3.63) is 24.3 Å². The molecule has 4 heteroatoms. The van der Waals surface area contributed by atoms with Crippen LogP contribution in [0.1, 0.15) is 26.7 Å². The van der Waals surface area contributed by atoms with Crippen LogP contribution in [-0.4, -0.2) is 25.6 Å². The highest BCUT2D eigenvalue weighted by Crippen LogP contribution is 2.23. The average molecular weight is 250 g/mol. The third kappa shape index (κ3) is 5.68. The summed E-state index contributed by atoms with van der Waals surface area (Å²) in [7, 11) is 0. The molecule has 0 spiro atoms. The lowest BCUT2D eigenvalue weighted by molar-refractivity contribution is -0.114. The Bertz CT molecular complexity index is 367. The van der Waals surface area contributed by atoms with Gasteiger partial charge in [-0.05, 0) is 38.1 Å². The molecule has 0 radical (unpaired) electrons. The predicted octanol–water partition coefficient (Wildman–Crippen LogP) is 2.41. The SMILES string of the molecule is CCCNCCCOc1ccccc1NC(C)=O. The molecule has 0 atom stereocenters. The van der Waals surface area contributed by atoms with Gasteiger partial charge in [-0.3, -0.25) is 4.79 Å². The smallest absolute Gasteiger partial charge is 0.221 e. The molecule has 100 valence electrons. The molecule has 0 aromatic heterocycles. The molecule has 1 rings (SSSR count). The first-order valence-electron chi connectivity index (χ1n) is 6.44. The molecule has 1 aromatic carbocycles. The first kappa shape index (κ1) is 14.5. The quantitative estimate of drug-likeness (QED) is 0.697. The number of hydrogen-bond donors (Lipinski definition) is 2. The van der Waals surface area contributed by atoms with Gasteiger partial charge in [0.05, 0.1) is 12.3 Å². The Labute approximate surface area is 109 Å². The summed E-state index contributed by atoms with van der Waals surface area (Å²) in [5.41, 5.74) is 0.728. The molecule has 0 bridgehead atoms. The van der Waals surface area contributed by atoms with Crippen LogP contribution >= 0.6 is 0 Å². The third-order valence-electron chi connectivity index (χ3n) is 2.38. The van der Waals surface area contributed by atoms with Crippen LogP contribution in [-0.2, 0) is 4.79 Å². The summed E-state index contributed by atoms with van der Waals surface area (Å²) in [5.74, 6) is 0.638. The van der Waals surface area contributed by atoms with Crippen molar-refractivity contribution in [1.29, 1.82) is 0 Å². The zero-order valence-electron chi connectivity index (χ0n) is 11.2. The highest BCUT2D eigenvalue weighted by molar-refractivity contribution is 5.90. The highest BCUT2D eigenvalue weighted by Gasteiger charge is 2.03. The van der Waals surface area contributed by atoms with Gasteiger partial charge in [-0.15, -0.1) is 0 Å². The lowest BCUT2D eigenvalue weighted by Gasteiger charge is -2.11. The number of benzene rings is 1. The Balaban J connectivity index is 2.34. The number of rotatable bonds is 8. The van der Waals surface area contributed by atoms with Gasteiger partial charge in [-0.25, -0.2) is 0 Å². The fourth-order valence-corrected chi connectivity index (χ4v) is 1.57. The molecule has 0 aliphatic rings. The van der Waals surface area contributed by atoms with Crippen LogP contribution in [0.15, 0.2) is 24.3 Å². The van der Waals surface area contributed by atoms with E-state index in [0.29, 0.717) is 6.61 Å². The van der Waals surface area contributed by atoms with E-state index >= 15 is 0 Å². The average Bonchev–Trinajstić information content (AvgIpc) is 2.35. The zero-order valence-corrected chi connectivity index (χ0v) is 11.2. The van der Waals surface area contributed by atoms with E-state index in [-0.39, 0.29) is 5.91 Å². The molecule has 18 heavy (non-hydrogen) atoms. The van der Waals surface area contributed by atoms with Crippen LogP contribution in [0, 0.1) is 0 Å². The predicted molar refractivity (Wildman–Crippen MR) is 74.0 cm³/mol. The van der Waals surface area contributed by atoms with Crippen molar-refractivity contribution in [1.82, 2.24) is 5.32 Å². The van der Waals surface area contributed by atoms with Crippen molar-refractivity contribution >= 4 is 11.6 Å². The van der Waals surface area contributed by atoms with Crippen molar-refractivity contribution in [2.45, 2.75) is 26.7 Å². The van der Waals surface area contributed by atoms with Crippen molar-refractivity contribution in [3.8, 4) is 5.75 Å². The van der Waals surface area contributed by atoms with Crippen molar-refractivity contribution in [2.75, 3.05) is 25.0 Å². The van der Waals surface area contributed by atoms with Crippen LogP contribution in [0.5, 0.6) is 5.75 Å². The van der Waals surface area contributed by atoms with E-state index in [1.54, 1.807) is 0 Å². The molecule has 0 saturated heterocycles. The summed E-state index contributed by atoms with van der Waals surface area (Å²) in [6.45, 7) is 6.28. The standard InChI is InChI=1S/C14H22N2O2/c1-3-9-15-10-6-11-18-14-8-5-4-7-13(14)16-12(2)17/h4-5,7-8,15H,3,6,9-11H2,1-2H3,(H,16,17). The largest absolute Gasteiger partial charge is 0.491 e. The Morgan fingerprint density at radius 1 is 1.28 bits per heavy atom. The summed E-state index contributed by atoms with van der Waals surface area (Å²) >= 11 is 0. The number of nitrogens with one attached hydrogen (secondary N) is 2. The van der Waals surface area contributed by atoms with E-state index in [4.69, 9.17) is 4.74 Å². The number of hydrogen-bond acceptors (Lipinski definition) is 3. The first-order valence-corrected chi connectivity index (χ1v) is 6.44. The second kappa shape index (κ2) is 8.53. The van der Waals surface area contributed by atoms with Gasteiger partial charge in [0.1, 0.15) is 5.75 Å². The van der Waals surface area contributed by atoms with Crippen molar-refractivity contribution < 1.29 is 9.53 Å². The number of ether oxygens (including phenoxy) is 1. The van der Waals surface area contributed by atoms with Gasteiger partial charge in [-0.1, -0.05) is 19.1 Å². The summed E-state index contributed by atoms with van der Waals surface area (Å²) in [4.78, 5) is 11.0. The second-order valence-electron chi connectivity index (χ2n) is 4.13. The maximum Gasteiger partial charge on any atom is 0.221 e. The highest BCUT2D eigenvalue weighted by atomic mass is 16.5. The summed E-state index contributed by atoms with van der Waals surface area (Å²) in [6, 6.07) is 7.48. The van der Waals surface area contributed by atoms with Crippen LogP contribution in [0.25, 0.3) is 0 Å². The Kier molecular flexibility index (Phi) is 6.87. The number of carbonyl (C=O) groups is 1. The minimum atomic E-state index is -0.0873. The molecule has 1 amide bonds. The van der Waals surface area contributed by atoms with Gasteiger partial charge < -0.3 is 15.4 Å². The molecule has 0 unspecified atom stereocenters. The minimum absolute atomic E-state index is 0.0873. The van der Waals surface area contributed by atoms with Crippen LogP contribution in [0.3, 0.4) is 0 Å². The van der Waals surface area contributed by atoms with Crippen LogP contribution < -0.4 is 15.4 Å².